The zero-order valence-electron chi connectivity index (χ0n) is 22.5. The summed E-state index contributed by atoms with van der Waals surface area (Å²) >= 11 is 0. The van der Waals surface area contributed by atoms with Crippen molar-refractivity contribution in [2.75, 3.05) is 12.4 Å². The molecule has 5 heteroatoms. The molecule has 1 amide bonds. The molecule has 0 bridgehead atoms. The topological polar surface area (TPSA) is 47.7 Å². The van der Waals surface area contributed by atoms with Crippen LogP contribution < -0.4 is 10.1 Å². The van der Waals surface area contributed by atoms with Gasteiger partial charge in [0.2, 0.25) is 0 Å². The highest BCUT2D eigenvalue weighted by molar-refractivity contribution is 6.10. The Kier molecular flexibility index (Phi) is 6.07. The molecule has 1 aliphatic heterocycles. The average molecular weight is 504 g/mol. The number of nitrogens with zero attached hydrogens (tertiary/aromatic N) is 2. The van der Waals surface area contributed by atoms with Crippen LogP contribution in [0.25, 0.3) is 28.0 Å². The van der Waals surface area contributed by atoms with E-state index in [1.54, 1.807) is 7.11 Å². The minimum absolute atomic E-state index is 0.0951. The molecule has 2 aromatic heterocycles. The molecule has 192 valence electrons. The number of rotatable bonds is 5. The minimum Gasteiger partial charge on any atom is -0.497 e. The van der Waals surface area contributed by atoms with Crippen molar-refractivity contribution in [1.82, 2.24) is 8.97 Å². The van der Waals surface area contributed by atoms with E-state index in [1.807, 2.05) is 43.3 Å². The molecule has 3 heterocycles. The molecule has 5 aromatic rings. The van der Waals surface area contributed by atoms with Gasteiger partial charge in [0.25, 0.3) is 5.91 Å². The van der Waals surface area contributed by atoms with Crippen LogP contribution in [-0.2, 0) is 13.0 Å². The van der Waals surface area contributed by atoms with E-state index >= 15 is 0 Å². The predicted molar refractivity (Wildman–Crippen MR) is 154 cm³/mol. The van der Waals surface area contributed by atoms with Crippen molar-refractivity contribution in [3.05, 3.63) is 101 Å². The zero-order chi connectivity index (χ0) is 26.4. The van der Waals surface area contributed by atoms with Crippen LogP contribution in [0.5, 0.6) is 5.75 Å². The molecular weight excluding hydrogens is 470 g/mol. The smallest absolute Gasteiger partial charge is 0.273 e. The number of methoxy groups -OCH3 is 1. The number of nitrogens with one attached hydrogen (secondary N) is 1. The standard InChI is InChI=1S/C33H33N3O2/c1-21-8-14-26(15-9-21)34-32(37)31-30(25-11-10-22(2)23(3)19-25)28-7-5-6-18-35-29(20-36(31)33(28)35)24-12-16-27(38-4)17-13-24/h8-17,19-20H,5-7,18H2,1-4H3,(H,34,37). The largest absolute Gasteiger partial charge is 0.497 e. The molecule has 0 radical (unpaired) electrons. The van der Waals surface area contributed by atoms with Crippen LogP contribution in [0.3, 0.4) is 0 Å². The van der Waals surface area contributed by atoms with E-state index < -0.39 is 0 Å². The van der Waals surface area contributed by atoms with Gasteiger partial charge < -0.3 is 14.6 Å². The van der Waals surface area contributed by atoms with Crippen LogP contribution in [0.1, 0.15) is 45.6 Å². The normalized spacial score (nSPS) is 12.9. The predicted octanol–water partition coefficient (Wildman–Crippen LogP) is 7.60. The Morgan fingerprint density at radius 2 is 1.61 bits per heavy atom. The second-order valence-corrected chi connectivity index (χ2v) is 10.4. The molecular formula is C33H33N3O2. The molecule has 0 unspecified atom stereocenters. The zero-order valence-corrected chi connectivity index (χ0v) is 22.5. The van der Waals surface area contributed by atoms with E-state index in [2.05, 4.69) is 64.7 Å². The fourth-order valence-electron chi connectivity index (χ4n) is 5.64. The van der Waals surface area contributed by atoms with Gasteiger partial charge in [-0.1, -0.05) is 35.9 Å². The second kappa shape index (κ2) is 9.56. The van der Waals surface area contributed by atoms with Crippen LogP contribution in [0, 0.1) is 20.8 Å². The van der Waals surface area contributed by atoms with E-state index in [1.165, 1.54) is 16.7 Å². The lowest BCUT2D eigenvalue weighted by Gasteiger charge is -2.12. The van der Waals surface area contributed by atoms with Crippen LogP contribution in [0.2, 0.25) is 0 Å². The number of aryl methyl sites for hydroxylation is 5. The Morgan fingerprint density at radius 1 is 0.868 bits per heavy atom. The number of benzene rings is 3. The summed E-state index contributed by atoms with van der Waals surface area (Å²) < 4.78 is 9.92. The number of anilines is 1. The van der Waals surface area contributed by atoms with Crippen LogP contribution in [0.15, 0.2) is 72.9 Å². The molecule has 1 aliphatic rings. The fourth-order valence-corrected chi connectivity index (χ4v) is 5.64. The van der Waals surface area contributed by atoms with Crippen LogP contribution >= 0.6 is 0 Å². The molecule has 0 atom stereocenters. The Bertz CT molecular complexity index is 1650. The molecule has 0 saturated carbocycles. The maximum atomic E-state index is 14.1. The van der Waals surface area contributed by atoms with Crippen LogP contribution in [0.4, 0.5) is 5.69 Å². The third-order valence-electron chi connectivity index (χ3n) is 7.84. The van der Waals surface area contributed by atoms with E-state index in [9.17, 15) is 4.79 Å². The number of carbonyl (C=O) groups excluding carboxylic acids is 1. The maximum Gasteiger partial charge on any atom is 0.273 e. The second-order valence-electron chi connectivity index (χ2n) is 10.4. The molecule has 0 fully saturated rings. The molecule has 38 heavy (non-hydrogen) atoms. The first kappa shape index (κ1) is 24.1. The van der Waals surface area contributed by atoms with E-state index in [0.29, 0.717) is 5.69 Å². The molecule has 1 N–H and O–H groups in total. The molecule has 0 aliphatic carbocycles. The quantitative estimate of drug-likeness (QED) is 0.268. The van der Waals surface area contributed by atoms with Crippen molar-refractivity contribution in [3.8, 4) is 28.1 Å². The van der Waals surface area contributed by atoms with Gasteiger partial charge in [-0.2, -0.15) is 0 Å². The maximum absolute atomic E-state index is 14.1. The van der Waals surface area contributed by atoms with Gasteiger partial charge in [-0.3, -0.25) is 9.20 Å². The first-order chi connectivity index (χ1) is 18.4. The van der Waals surface area contributed by atoms with Gasteiger partial charge >= 0.3 is 0 Å². The summed E-state index contributed by atoms with van der Waals surface area (Å²) in [6, 6.07) is 22.7. The summed E-state index contributed by atoms with van der Waals surface area (Å²) in [6.07, 6.45) is 5.26. The van der Waals surface area contributed by atoms with Gasteiger partial charge in [-0.25, -0.2) is 0 Å². The minimum atomic E-state index is -0.0951. The Morgan fingerprint density at radius 3 is 2.32 bits per heavy atom. The number of hydrogen-bond acceptors (Lipinski definition) is 2. The van der Waals surface area contributed by atoms with Crippen molar-refractivity contribution < 1.29 is 9.53 Å². The number of amides is 1. The van der Waals surface area contributed by atoms with E-state index in [4.69, 9.17) is 4.74 Å². The summed E-state index contributed by atoms with van der Waals surface area (Å²) in [6.45, 7) is 7.24. The summed E-state index contributed by atoms with van der Waals surface area (Å²) in [5.74, 6) is 0.737. The van der Waals surface area contributed by atoms with Crippen molar-refractivity contribution in [3.63, 3.8) is 0 Å². The summed E-state index contributed by atoms with van der Waals surface area (Å²) in [7, 11) is 1.68. The lowest BCUT2D eigenvalue weighted by atomic mass is 9.95. The van der Waals surface area contributed by atoms with Crippen molar-refractivity contribution in [1.29, 1.82) is 0 Å². The Balaban J connectivity index is 1.59. The highest BCUT2D eigenvalue weighted by Gasteiger charge is 2.29. The number of ether oxygens (including phenoxy) is 1. The highest BCUT2D eigenvalue weighted by Crippen LogP contribution is 2.40. The number of carbonyl (C=O) groups is 1. The Labute approximate surface area is 223 Å². The first-order valence-corrected chi connectivity index (χ1v) is 13.3. The van der Waals surface area contributed by atoms with Gasteiger partial charge in [-0.15, -0.1) is 0 Å². The summed E-state index contributed by atoms with van der Waals surface area (Å²) in [4.78, 5) is 14.1. The van der Waals surface area contributed by atoms with Crippen molar-refractivity contribution in [2.45, 2.75) is 46.6 Å². The van der Waals surface area contributed by atoms with Crippen molar-refractivity contribution >= 4 is 17.2 Å². The first-order valence-electron chi connectivity index (χ1n) is 13.3. The molecule has 0 spiro atoms. The lowest BCUT2D eigenvalue weighted by Crippen LogP contribution is -2.15. The van der Waals surface area contributed by atoms with Crippen molar-refractivity contribution in [2.24, 2.45) is 0 Å². The molecule has 0 saturated heterocycles. The van der Waals surface area contributed by atoms with Gasteiger partial charge in [0.05, 0.1) is 12.8 Å². The molecule has 5 nitrogen and oxygen atoms in total. The monoisotopic (exact) mass is 503 g/mol. The average Bonchev–Trinajstić information content (AvgIpc) is 3.34. The number of imidazole rings is 1. The number of aromatic nitrogens is 2. The van der Waals surface area contributed by atoms with E-state index in [0.717, 1.165) is 70.8 Å². The third kappa shape index (κ3) is 4.08. The van der Waals surface area contributed by atoms with Crippen LogP contribution in [-0.4, -0.2) is 22.0 Å². The van der Waals surface area contributed by atoms with E-state index in [-0.39, 0.29) is 5.91 Å². The fraction of sp³-hybridized carbons (Fsp3) is 0.242. The van der Waals surface area contributed by atoms with Gasteiger partial charge in [-0.05, 0) is 98.7 Å². The summed E-state index contributed by atoms with van der Waals surface area (Å²) in [5, 5.41) is 3.19. The molecule has 3 aromatic carbocycles. The van der Waals surface area contributed by atoms with Gasteiger partial charge in [0.15, 0.2) is 0 Å². The third-order valence-corrected chi connectivity index (χ3v) is 7.84. The SMILES string of the molecule is COc1ccc(-c2cn3c(C(=O)Nc4ccc(C)cc4)c(-c4ccc(C)c(C)c4)c4c3n2CCCC4)cc1. The summed E-state index contributed by atoms with van der Waals surface area (Å²) in [5.41, 5.74) is 11.9. The highest BCUT2D eigenvalue weighted by atomic mass is 16.5. The molecule has 6 rings (SSSR count). The lowest BCUT2D eigenvalue weighted by molar-refractivity contribution is 0.102. The van der Waals surface area contributed by atoms with Gasteiger partial charge in [0.1, 0.15) is 17.1 Å². The Hall–Kier alpha value is -4.25. The van der Waals surface area contributed by atoms with Gasteiger partial charge in [0, 0.05) is 29.6 Å². The number of hydrogen-bond donors (Lipinski definition) is 1.